The van der Waals surface area contributed by atoms with Crippen LogP contribution < -0.4 is 5.32 Å². The molecule has 25 heavy (non-hydrogen) atoms. The molecule has 0 saturated carbocycles. The van der Waals surface area contributed by atoms with Crippen molar-refractivity contribution in [2.75, 3.05) is 18.4 Å². The van der Waals surface area contributed by atoms with Crippen molar-refractivity contribution < 1.29 is 4.92 Å². The lowest BCUT2D eigenvalue weighted by molar-refractivity contribution is -0.384. The lowest BCUT2D eigenvalue weighted by atomic mass is 10.0. The molecule has 0 bridgehead atoms. The molecule has 0 spiro atoms. The molecule has 2 aromatic carbocycles. The molecular weight excluding hydrogens is 361 g/mol. The van der Waals surface area contributed by atoms with E-state index in [9.17, 15) is 10.1 Å². The van der Waals surface area contributed by atoms with E-state index in [1.807, 2.05) is 18.2 Å². The van der Waals surface area contributed by atoms with Crippen LogP contribution in [0.15, 0.2) is 42.5 Å². The van der Waals surface area contributed by atoms with E-state index in [1.54, 1.807) is 0 Å². The minimum absolute atomic E-state index is 0.102. The van der Waals surface area contributed by atoms with Gasteiger partial charge in [0, 0.05) is 31.3 Å². The molecule has 1 atom stereocenters. The summed E-state index contributed by atoms with van der Waals surface area (Å²) in [5, 5.41) is 14.8. The summed E-state index contributed by atoms with van der Waals surface area (Å²) in [6.45, 7) is 2.83. The summed E-state index contributed by atoms with van der Waals surface area (Å²) in [7, 11) is 0. The Balaban J connectivity index is 1.67. The van der Waals surface area contributed by atoms with Crippen molar-refractivity contribution >= 4 is 34.6 Å². The maximum Gasteiger partial charge on any atom is 0.272 e. The van der Waals surface area contributed by atoms with Gasteiger partial charge >= 0.3 is 0 Å². The minimum Gasteiger partial charge on any atom is -0.379 e. The van der Waals surface area contributed by atoms with Crippen LogP contribution in [-0.2, 0) is 6.54 Å². The second-order valence-electron chi connectivity index (χ2n) is 6.25. The highest BCUT2D eigenvalue weighted by atomic mass is 35.5. The van der Waals surface area contributed by atoms with E-state index in [0.29, 0.717) is 5.69 Å². The zero-order valence-corrected chi connectivity index (χ0v) is 15.1. The summed E-state index contributed by atoms with van der Waals surface area (Å²) in [4.78, 5) is 12.8. The molecule has 2 aromatic rings. The Morgan fingerprint density at radius 1 is 1.20 bits per heavy atom. The number of nitrogens with one attached hydrogen (secondary N) is 1. The standard InChI is InChI=1S/C18H19Cl2N3O2/c19-16-9-15(23(24)25)10-17(20)18(16)21-14-7-4-8-22(12-14)11-13-5-2-1-3-6-13/h1-3,5-6,9-10,14,21H,4,7-8,11-12H2. The van der Waals surface area contributed by atoms with Gasteiger partial charge in [-0.05, 0) is 24.9 Å². The van der Waals surface area contributed by atoms with Crippen molar-refractivity contribution in [3.63, 3.8) is 0 Å². The number of likely N-dealkylation sites (tertiary alicyclic amines) is 1. The van der Waals surface area contributed by atoms with E-state index in [2.05, 4.69) is 22.3 Å². The van der Waals surface area contributed by atoms with Gasteiger partial charge in [-0.25, -0.2) is 0 Å². The second-order valence-corrected chi connectivity index (χ2v) is 7.06. The van der Waals surface area contributed by atoms with Crippen LogP contribution >= 0.6 is 23.2 Å². The summed E-state index contributed by atoms with van der Waals surface area (Å²) in [6, 6.07) is 13.2. The molecule has 0 aliphatic carbocycles. The number of nitrogens with zero attached hydrogens (tertiary/aromatic N) is 2. The van der Waals surface area contributed by atoms with Gasteiger partial charge in [-0.2, -0.15) is 0 Å². The van der Waals surface area contributed by atoms with Crippen LogP contribution in [0.1, 0.15) is 18.4 Å². The van der Waals surface area contributed by atoms with Crippen LogP contribution in [0.25, 0.3) is 0 Å². The van der Waals surface area contributed by atoms with Gasteiger partial charge in [-0.3, -0.25) is 15.0 Å². The van der Waals surface area contributed by atoms with E-state index in [-0.39, 0.29) is 21.8 Å². The highest BCUT2D eigenvalue weighted by Gasteiger charge is 2.22. The Bertz CT molecular complexity index is 732. The lowest BCUT2D eigenvalue weighted by Gasteiger charge is -2.34. The zero-order valence-electron chi connectivity index (χ0n) is 13.6. The summed E-state index contributed by atoms with van der Waals surface area (Å²) < 4.78 is 0. The Kier molecular flexibility index (Phi) is 5.78. The van der Waals surface area contributed by atoms with Gasteiger partial charge in [0.25, 0.3) is 5.69 Å². The van der Waals surface area contributed by atoms with Gasteiger partial charge < -0.3 is 5.32 Å². The van der Waals surface area contributed by atoms with E-state index in [1.165, 1.54) is 17.7 Å². The van der Waals surface area contributed by atoms with Gasteiger partial charge in [-0.1, -0.05) is 53.5 Å². The molecule has 5 nitrogen and oxygen atoms in total. The largest absolute Gasteiger partial charge is 0.379 e. The molecule has 1 aliphatic rings. The van der Waals surface area contributed by atoms with Crippen molar-refractivity contribution in [2.24, 2.45) is 0 Å². The molecule has 1 aliphatic heterocycles. The number of benzene rings is 2. The molecule has 1 saturated heterocycles. The summed E-state index contributed by atoms with van der Waals surface area (Å²) in [5.74, 6) is 0. The average Bonchev–Trinajstić information content (AvgIpc) is 2.59. The van der Waals surface area contributed by atoms with Crippen LogP contribution in [-0.4, -0.2) is 29.0 Å². The third kappa shape index (κ3) is 4.63. The van der Waals surface area contributed by atoms with Crippen molar-refractivity contribution in [1.29, 1.82) is 0 Å². The van der Waals surface area contributed by atoms with E-state index in [4.69, 9.17) is 23.2 Å². The summed E-state index contributed by atoms with van der Waals surface area (Å²) in [5.41, 5.74) is 1.75. The van der Waals surface area contributed by atoms with Crippen molar-refractivity contribution in [1.82, 2.24) is 4.90 Å². The average molecular weight is 380 g/mol. The second kappa shape index (κ2) is 8.04. The van der Waals surface area contributed by atoms with Crippen LogP contribution in [0, 0.1) is 10.1 Å². The molecule has 0 amide bonds. The lowest BCUT2D eigenvalue weighted by Crippen LogP contribution is -2.41. The van der Waals surface area contributed by atoms with Gasteiger partial charge in [0.2, 0.25) is 0 Å². The van der Waals surface area contributed by atoms with Crippen LogP contribution in [0.3, 0.4) is 0 Å². The monoisotopic (exact) mass is 379 g/mol. The number of piperidine rings is 1. The highest BCUT2D eigenvalue weighted by molar-refractivity contribution is 6.39. The fraction of sp³-hybridized carbons (Fsp3) is 0.333. The van der Waals surface area contributed by atoms with Crippen LogP contribution in [0.2, 0.25) is 10.0 Å². The van der Waals surface area contributed by atoms with E-state index >= 15 is 0 Å². The number of non-ortho nitro benzene ring substituents is 1. The van der Waals surface area contributed by atoms with E-state index < -0.39 is 4.92 Å². The van der Waals surface area contributed by atoms with Crippen LogP contribution in [0.4, 0.5) is 11.4 Å². The Morgan fingerprint density at radius 3 is 2.52 bits per heavy atom. The fourth-order valence-electron chi connectivity index (χ4n) is 3.17. The molecule has 1 unspecified atom stereocenters. The van der Waals surface area contributed by atoms with Gasteiger partial charge in [0.15, 0.2) is 0 Å². The molecular formula is C18H19Cl2N3O2. The topological polar surface area (TPSA) is 58.4 Å². The van der Waals surface area contributed by atoms with Gasteiger partial charge in [-0.15, -0.1) is 0 Å². The maximum absolute atomic E-state index is 10.9. The Morgan fingerprint density at radius 2 is 1.88 bits per heavy atom. The number of hydrogen-bond donors (Lipinski definition) is 1. The Labute approximate surface area is 156 Å². The van der Waals surface area contributed by atoms with Gasteiger partial charge in [0.1, 0.15) is 0 Å². The van der Waals surface area contributed by atoms with E-state index in [0.717, 1.165) is 32.5 Å². The quantitative estimate of drug-likeness (QED) is 0.587. The first-order valence-corrected chi connectivity index (χ1v) is 8.95. The molecule has 132 valence electrons. The predicted molar refractivity (Wildman–Crippen MR) is 101 cm³/mol. The fourth-order valence-corrected chi connectivity index (χ4v) is 3.75. The number of nitro benzene ring substituents is 1. The highest BCUT2D eigenvalue weighted by Crippen LogP contribution is 2.35. The number of hydrogen-bond acceptors (Lipinski definition) is 4. The van der Waals surface area contributed by atoms with Crippen molar-refractivity contribution in [3.05, 3.63) is 68.2 Å². The number of anilines is 1. The maximum atomic E-state index is 10.9. The third-order valence-corrected chi connectivity index (χ3v) is 4.94. The number of rotatable bonds is 5. The molecule has 3 rings (SSSR count). The van der Waals surface area contributed by atoms with Gasteiger partial charge in [0.05, 0.1) is 20.7 Å². The molecule has 1 fully saturated rings. The van der Waals surface area contributed by atoms with Crippen molar-refractivity contribution in [3.8, 4) is 0 Å². The summed E-state index contributed by atoms with van der Waals surface area (Å²) in [6.07, 6.45) is 2.08. The molecule has 7 heteroatoms. The predicted octanol–water partition coefficient (Wildman–Crippen LogP) is 4.98. The molecule has 0 aromatic heterocycles. The zero-order chi connectivity index (χ0) is 17.8. The molecule has 1 heterocycles. The first kappa shape index (κ1) is 18.0. The smallest absolute Gasteiger partial charge is 0.272 e. The number of nitro groups is 1. The normalized spacial score (nSPS) is 18.1. The Hall–Kier alpha value is -1.82. The number of halogens is 2. The molecule has 0 radical (unpaired) electrons. The van der Waals surface area contributed by atoms with Crippen molar-refractivity contribution in [2.45, 2.75) is 25.4 Å². The minimum atomic E-state index is -0.496. The molecule has 1 N–H and O–H groups in total. The third-order valence-electron chi connectivity index (χ3n) is 4.34. The SMILES string of the molecule is O=[N+]([O-])c1cc(Cl)c(NC2CCCN(Cc3ccccc3)C2)c(Cl)c1. The van der Waals surface area contributed by atoms with Crippen LogP contribution in [0.5, 0.6) is 0 Å². The first-order chi connectivity index (χ1) is 12.0. The first-order valence-electron chi connectivity index (χ1n) is 8.19. The summed E-state index contributed by atoms with van der Waals surface area (Å²) >= 11 is 12.4.